The Bertz CT molecular complexity index is 1010. The minimum Gasteiger partial charge on any atom is -0.459 e. The molecule has 0 radical (unpaired) electrons. The molecular weight excluding hydrogens is 493 g/mol. The summed E-state index contributed by atoms with van der Waals surface area (Å²) in [5.41, 5.74) is 4.46. The summed E-state index contributed by atoms with van der Waals surface area (Å²) in [5, 5.41) is 5.88. The van der Waals surface area contributed by atoms with Gasteiger partial charge in [0.1, 0.15) is 11.5 Å². The predicted molar refractivity (Wildman–Crippen MR) is 106 cm³/mol. The van der Waals surface area contributed by atoms with Crippen LogP contribution in [0.25, 0.3) is 0 Å². The van der Waals surface area contributed by atoms with Crippen molar-refractivity contribution in [3.05, 3.63) is 31.9 Å². The molecule has 0 aliphatic heterocycles. The van der Waals surface area contributed by atoms with Gasteiger partial charge in [-0.15, -0.1) is 11.3 Å². The average molecular weight is 511 g/mol. The maximum atomic E-state index is 13.0. The number of amides is 2. The second-order valence-corrected chi connectivity index (χ2v) is 8.34. The molecule has 0 bridgehead atoms. The zero-order chi connectivity index (χ0) is 23.0. The van der Waals surface area contributed by atoms with E-state index in [0.717, 1.165) is 16.0 Å². The van der Waals surface area contributed by atoms with E-state index in [1.165, 1.54) is 13.8 Å². The zero-order valence-corrected chi connectivity index (χ0v) is 18.7. The van der Waals surface area contributed by atoms with Gasteiger partial charge in [0.25, 0.3) is 5.91 Å². The number of rotatable bonds is 6. The van der Waals surface area contributed by atoms with E-state index in [1.807, 2.05) is 0 Å². The van der Waals surface area contributed by atoms with Crippen molar-refractivity contribution in [1.29, 1.82) is 0 Å². The monoisotopic (exact) mass is 510 g/mol. The fourth-order valence-electron chi connectivity index (χ4n) is 2.52. The first kappa shape index (κ1) is 23.9. The number of nitrogens with zero attached hydrogens (tertiary/aromatic N) is 2. The lowest BCUT2D eigenvalue weighted by molar-refractivity contribution is -0.142. The van der Waals surface area contributed by atoms with Crippen LogP contribution in [0.3, 0.4) is 0 Å². The van der Waals surface area contributed by atoms with Gasteiger partial charge in [-0.2, -0.15) is 18.3 Å². The highest BCUT2D eigenvalue weighted by atomic mass is 79.9. The quantitative estimate of drug-likeness (QED) is 0.575. The molecule has 0 aliphatic carbocycles. The standard InChI is InChI=1S/C17H18BrF3N4O4S/c1-6(2)29-16(28)10-7(3)12(14(22)27)30-15(10)23-9(26)5-25-8(4)11(18)13(24-25)17(19,20)21/h6H,5H2,1-4H3,(H2,22,27)(H,23,26). The third-order valence-corrected chi connectivity index (χ3v) is 6.04. The molecular formula is C17H18BrF3N4O4S. The molecule has 13 heteroatoms. The Labute approximate surface area is 181 Å². The van der Waals surface area contributed by atoms with Crippen LogP contribution in [0.1, 0.15) is 50.8 Å². The maximum Gasteiger partial charge on any atom is 0.436 e. The number of primary amides is 1. The molecule has 0 saturated carbocycles. The van der Waals surface area contributed by atoms with Crippen LogP contribution in [0.2, 0.25) is 0 Å². The molecule has 0 aromatic carbocycles. The normalized spacial score (nSPS) is 11.6. The first-order valence-corrected chi connectivity index (χ1v) is 10.1. The molecule has 2 rings (SSSR count). The Kier molecular flexibility index (Phi) is 6.97. The Morgan fingerprint density at radius 2 is 1.90 bits per heavy atom. The summed E-state index contributed by atoms with van der Waals surface area (Å²) in [4.78, 5) is 36.6. The molecule has 2 amide bonds. The van der Waals surface area contributed by atoms with Gasteiger partial charge in [-0.3, -0.25) is 14.3 Å². The summed E-state index contributed by atoms with van der Waals surface area (Å²) in [7, 11) is 0. The van der Waals surface area contributed by atoms with Crippen LogP contribution < -0.4 is 11.1 Å². The van der Waals surface area contributed by atoms with Crippen LogP contribution in [0.5, 0.6) is 0 Å². The van der Waals surface area contributed by atoms with Gasteiger partial charge < -0.3 is 15.8 Å². The van der Waals surface area contributed by atoms with Crippen molar-refractivity contribution in [3.63, 3.8) is 0 Å². The minimum absolute atomic E-state index is 0.0110. The number of hydrogen-bond donors (Lipinski definition) is 2. The Morgan fingerprint density at radius 3 is 2.37 bits per heavy atom. The fraction of sp³-hybridized carbons (Fsp3) is 0.412. The highest BCUT2D eigenvalue weighted by Gasteiger charge is 2.38. The number of aromatic nitrogens is 2. The summed E-state index contributed by atoms with van der Waals surface area (Å²) >= 11 is 3.61. The van der Waals surface area contributed by atoms with Gasteiger partial charge in [0.15, 0.2) is 5.69 Å². The zero-order valence-electron chi connectivity index (χ0n) is 16.3. The first-order valence-electron chi connectivity index (χ1n) is 8.48. The lowest BCUT2D eigenvalue weighted by Crippen LogP contribution is -2.22. The number of carbonyl (C=O) groups excluding carboxylic acids is 3. The van der Waals surface area contributed by atoms with Crippen LogP contribution >= 0.6 is 27.3 Å². The average Bonchev–Trinajstić information content (AvgIpc) is 3.05. The molecule has 0 aliphatic rings. The van der Waals surface area contributed by atoms with E-state index in [9.17, 15) is 27.6 Å². The predicted octanol–water partition coefficient (Wildman–Crippen LogP) is 3.65. The topological polar surface area (TPSA) is 116 Å². The number of carbonyl (C=O) groups is 3. The molecule has 2 aromatic heterocycles. The van der Waals surface area contributed by atoms with Crippen LogP contribution in [-0.2, 0) is 22.3 Å². The highest BCUT2D eigenvalue weighted by molar-refractivity contribution is 9.10. The van der Waals surface area contributed by atoms with E-state index >= 15 is 0 Å². The molecule has 0 unspecified atom stereocenters. The summed E-state index contributed by atoms with van der Waals surface area (Å²) in [6.45, 7) is 5.55. The largest absolute Gasteiger partial charge is 0.459 e. The van der Waals surface area contributed by atoms with Gasteiger partial charge in [-0.05, 0) is 49.2 Å². The molecule has 0 atom stereocenters. The van der Waals surface area contributed by atoms with E-state index in [2.05, 4.69) is 26.3 Å². The SMILES string of the molecule is Cc1c(C(N)=O)sc(NC(=O)Cn2nc(C(F)(F)F)c(Br)c2C)c1C(=O)OC(C)C. The van der Waals surface area contributed by atoms with Crippen molar-refractivity contribution in [1.82, 2.24) is 9.78 Å². The van der Waals surface area contributed by atoms with Crippen molar-refractivity contribution in [3.8, 4) is 0 Å². The van der Waals surface area contributed by atoms with Gasteiger partial charge in [0, 0.05) is 0 Å². The third kappa shape index (κ3) is 5.01. The van der Waals surface area contributed by atoms with E-state index in [1.54, 1.807) is 13.8 Å². The van der Waals surface area contributed by atoms with Gasteiger partial charge in [-0.1, -0.05) is 0 Å². The first-order chi connectivity index (χ1) is 13.7. The van der Waals surface area contributed by atoms with Crippen LogP contribution in [0, 0.1) is 13.8 Å². The number of anilines is 1. The minimum atomic E-state index is -4.69. The molecule has 2 aromatic rings. The lowest BCUT2D eigenvalue weighted by Gasteiger charge is -2.11. The Balaban J connectivity index is 2.34. The van der Waals surface area contributed by atoms with E-state index in [0.29, 0.717) is 0 Å². The third-order valence-electron chi connectivity index (χ3n) is 3.87. The van der Waals surface area contributed by atoms with Crippen LogP contribution in [0.4, 0.5) is 18.2 Å². The second-order valence-electron chi connectivity index (χ2n) is 6.53. The van der Waals surface area contributed by atoms with Crippen molar-refractivity contribution >= 4 is 50.1 Å². The Hall–Kier alpha value is -2.41. The van der Waals surface area contributed by atoms with Gasteiger partial charge in [-0.25, -0.2) is 4.79 Å². The number of halogens is 4. The van der Waals surface area contributed by atoms with Crippen LogP contribution in [0.15, 0.2) is 4.47 Å². The molecule has 0 spiro atoms. The van der Waals surface area contributed by atoms with Crippen molar-refractivity contribution in [2.24, 2.45) is 5.73 Å². The molecule has 2 heterocycles. The van der Waals surface area contributed by atoms with Crippen molar-refractivity contribution in [2.75, 3.05) is 5.32 Å². The number of esters is 1. The molecule has 0 saturated heterocycles. The van der Waals surface area contributed by atoms with Gasteiger partial charge in [0.2, 0.25) is 5.91 Å². The van der Waals surface area contributed by atoms with Gasteiger partial charge >= 0.3 is 12.1 Å². The summed E-state index contributed by atoms with van der Waals surface area (Å²) in [5.74, 6) is -2.31. The van der Waals surface area contributed by atoms with E-state index in [-0.39, 0.29) is 31.2 Å². The highest BCUT2D eigenvalue weighted by Crippen LogP contribution is 2.36. The molecule has 164 valence electrons. The molecule has 3 N–H and O–H groups in total. The number of ether oxygens (including phenoxy) is 1. The van der Waals surface area contributed by atoms with E-state index < -0.39 is 42.3 Å². The number of hydrogen-bond acceptors (Lipinski definition) is 6. The number of nitrogens with one attached hydrogen (secondary N) is 1. The Morgan fingerprint density at radius 1 is 1.30 bits per heavy atom. The number of nitrogens with two attached hydrogens (primary N) is 1. The lowest BCUT2D eigenvalue weighted by atomic mass is 10.1. The van der Waals surface area contributed by atoms with Gasteiger partial charge in [0.05, 0.1) is 26.7 Å². The van der Waals surface area contributed by atoms with Crippen molar-refractivity contribution < 1.29 is 32.3 Å². The van der Waals surface area contributed by atoms with Crippen LogP contribution in [-0.4, -0.2) is 33.7 Å². The molecule has 8 nitrogen and oxygen atoms in total. The fourth-order valence-corrected chi connectivity index (χ4v) is 4.09. The smallest absolute Gasteiger partial charge is 0.436 e. The van der Waals surface area contributed by atoms with Crippen molar-refractivity contribution in [2.45, 2.75) is 46.5 Å². The number of alkyl halides is 3. The van der Waals surface area contributed by atoms with E-state index in [4.69, 9.17) is 10.5 Å². The number of thiophene rings is 1. The molecule has 30 heavy (non-hydrogen) atoms. The maximum absolute atomic E-state index is 13.0. The summed E-state index contributed by atoms with van der Waals surface area (Å²) in [6.07, 6.45) is -5.15. The summed E-state index contributed by atoms with van der Waals surface area (Å²) < 4.78 is 44.7. The summed E-state index contributed by atoms with van der Waals surface area (Å²) in [6, 6.07) is 0. The second kappa shape index (κ2) is 8.76. The molecule has 0 fully saturated rings.